The summed E-state index contributed by atoms with van der Waals surface area (Å²) >= 11 is 6.01. The van der Waals surface area contributed by atoms with Crippen molar-refractivity contribution in [3.63, 3.8) is 0 Å². The molecule has 1 nitrogen and oxygen atoms in total. The Morgan fingerprint density at radius 1 is 1.13 bits per heavy atom. The monoisotopic (exact) mass is 335 g/mol. The van der Waals surface area contributed by atoms with Crippen LogP contribution < -0.4 is 0 Å². The van der Waals surface area contributed by atoms with Crippen molar-refractivity contribution in [2.45, 2.75) is 59.3 Å². The highest BCUT2D eigenvalue weighted by atomic mass is 35.5. The van der Waals surface area contributed by atoms with Crippen molar-refractivity contribution in [1.82, 2.24) is 4.90 Å². The van der Waals surface area contributed by atoms with Gasteiger partial charge in [0, 0.05) is 25.5 Å². The summed E-state index contributed by atoms with van der Waals surface area (Å²) in [7, 11) is 0. The number of hydrogen-bond acceptors (Lipinski definition) is 1. The van der Waals surface area contributed by atoms with Gasteiger partial charge in [-0.15, -0.1) is 11.6 Å². The molecule has 0 bridgehead atoms. The van der Waals surface area contributed by atoms with Gasteiger partial charge in [-0.25, -0.2) is 0 Å². The lowest BCUT2D eigenvalue weighted by atomic mass is 9.88. The number of rotatable bonds is 6. The van der Waals surface area contributed by atoms with E-state index in [1.165, 1.54) is 49.2 Å². The lowest BCUT2D eigenvalue weighted by Gasteiger charge is -2.36. The van der Waals surface area contributed by atoms with Crippen molar-refractivity contribution in [2.75, 3.05) is 19.6 Å². The average Bonchev–Trinajstić information content (AvgIpc) is 2.46. The molecule has 0 spiro atoms. The highest BCUT2D eigenvalue weighted by Gasteiger charge is 2.23. The van der Waals surface area contributed by atoms with Crippen LogP contribution in [0.1, 0.15) is 63.6 Å². The molecule has 0 aromatic heterocycles. The highest BCUT2D eigenvalue weighted by Crippen LogP contribution is 2.26. The van der Waals surface area contributed by atoms with Gasteiger partial charge in [0.1, 0.15) is 0 Å². The molecule has 130 valence electrons. The third-order valence-electron chi connectivity index (χ3n) is 5.07. The van der Waals surface area contributed by atoms with E-state index in [0.29, 0.717) is 17.7 Å². The first-order chi connectivity index (χ1) is 10.9. The summed E-state index contributed by atoms with van der Waals surface area (Å²) in [6.45, 7) is 15.6. The molecule has 0 radical (unpaired) electrons. The molecule has 1 fully saturated rings. The standard InChI is InChI=1S/C21H34ClN/c1-15(2)21-10-19(11-22)6-7-20(21)9-18(5)14-23-12-16(3)8-17(4)13-23/h6-7,10,15-18H,8-9,11-14H2,1-5H3. The van der Waals surface area contributed by atoms with Crippen molar-refractivity contribution < 1.29 is 0 Å². The normalized spacial score (nSPS) is 24.1. The number of alkyl halides is 1. The van der Waals surface area contributed by atoms with Crippen LogP contribution in [0.2, 0.25) is 0 Å². The molecule has 3 atom stereocenters. The molecule has 3 unspecified atom stereocenters. The maximum atomic E-state index is 6.01. The topological polar surface area (TPSA) is 3.24 Å². The Morgan fingerprint density at radius 3 is 2.35 bits per heavy atom. The van der Waals surface area contributed by atoms with Crippen LogP contribution >= 0.6 is 11.6 Å². The van der Waals surface area contributed by atoms with Crippen molar-refractivity contribution in [1.29, 1.82) is 0 Å². The van der Waals surface area contributed by atoms with E-state index in [2.05, 4.69) is 57.7 Å². The predicted molar refractivity (Wildman–Crippen MR) is 102 cm³/mol. The van der Waals surface area contributed by atoms with Crippen LogP contribution in [-0.2, 0) is 12.3 Å². The van der Waals surface area contributed by atoms with Crippen LogP contribution in [-0.4, -0.2) is 24.5 Å². The second-order valence-electron chi connectivity index (χ2n) is 8.30. The zero-order valence-corrected chi connectivity index (χ0v) is 16.4. The molecule has 0 N–H and O–H groups in total. The van der Waals surface area contributed by atoms with E-state index in [9.17, 15) is 0 Å². The maximum absolute atomic E-state index is 6.01. The van der Waals surface area contributed by atoms with Crippen molar-refractivity contribution >= 4 is 11.6 Å². The average molecular weight is 336 g/mol. The Kier molecular flexibility index (Phi) is 6.98. The Labute approximate surface area is 148 Å². The van der Waals surface area contributed by atoms with Crippen LogP contribution in [0, 0.1) is 17.8 Å². The molecule has 23 heavy (non-hydrogen) atoms. The summed E-state index contributed by atoms with van der Waals surface area (Å²) < 4.78 is 0. The van der Waals surface area contributed by atoms with Gasteiger partial charge in [-0.1, -0.05) is 52.8 Å². The molecular formula is C21H34ClN. The SMILES string of the molecule is CC(Cc1ccc(CCl)cc1C(C)C)CN1CC(C)CC(C)C1. The Morgan fingerprint density at radius 2 is 1.78 bits per heavy atom. The van der Waals surface area contributed by atoms with Gasteiger partial charge < -0.3 is 4.90 Å². The molecule has 1 aromatic carbocycles. The van der Waals surface area contributed by atoms with E-state index in [4.69, 9.17) is 11.6 Å². The highest BCUT2D eigenvalue weighted by molar-refractivity contribution is 6.17. The molecule has 2 rings (SSSR count). The van der Waals surface area contributed by atoms with E-state index >= 15 is 0 Å². The fourth-order valence-electron chi connectivity index (χ4n) is 4.27. The Balaban J connectivity index is 2.00. The van der Waals surface area contributed by atoms with Gasteiger partial charge in [-0.2, -0.15) is 0 Å². The second kappa shape index (κ2) is 8.53. The van der Waals surface area contributed by atoms with Gasteiger partial charge in [0.05, 0.1) is 0 Å². The molecule has 1 aliphatic heterocycles. The molecule has 2 heteroatoms. The smallest absolute Gasteiger partial charge is 0.0474 e. The molecule has 0 aliphatic carbocycles. The lowest BCUT2D eigenvalue weighted by Crippen LogP contribution is -2.41. The summed E-state index contributed by atoms with van der Waals surface area (Å²) in [5.74, 6) is 3.57. The largest absolute Gasteiger partial charge is 0.303 e. The molecule has 1 heterocycles. The fourth-order valence-corrected chi connectivity index (χ4v) is 4.44. The van der Waals surface area contributed by atoms with Crippen LogP contribution in [0.5, 0.6) is 0 Å². The summed E-state index contributed by atoms with van der Waals surface area (Å²) in [6, 6.07) is 6.82. The number of halogens is 1. The summed E-state index contributed by atoms with van der Waals surface area (Å²) in [5.41, 5.74) is 4.24. The zero-order valence-electron chi connectivity index (χ0n) is 15.6. The summed E-state index contributed by atoms with van der Waals surface area (Å²) in [4.78, 5) is 2.69. The Hall–Kier alpha value is -0.530. The molecule has 0 amide bonds. The van der Waals surface area contributed by atoms with Crippen LogP contribution in [0.3, 0.4) is 0 Å². The molecule has 1 aliphatic rings. The lowest BCUT2D eigenvalue weighted by molar-refractivity contribution is 0.125. The van der Waals surface area contributed by atoms with Gasteiger partial charge in [0.2, 0.25) is 0 Å². The molecule has 1 aromatic rings. The van der Waals surface area contributed by atoms with Crippen molar-refractivity contribution in [3.05, 3.63) is 34.9 Å². The summed E-state index contributed by atoms with van der Waals surface area (Å²) in [5, 5.41) is 0. The van der Waals surface area contributed by atoms with Crippen molar-refractivity contribution in [2.24, 2.45) is 17.8 Å². The maximum Gasteiger partial charge on any atom is 0.0474 e. The third kappa shape index (κ3) is 5.50. The van der Waals surface area contributed by atoms with Crippen LogP contribution in [0.15, 0.2) is 18.2 Å². The van der Waals surface area contributed by atoms with E-state index in [-0.39, 0.29) is 0 Å². The zero-order chi connectivity index (χ0) is 17.0. The van der Waals surface area contributed by atoms with Gasteiger partial charge in [0.15, 0.2) is 0 Å². The third-order valence-corrected chi connectivity index (χ3v) is 5.38. The Bertz CT molecular complexity index is 487. The number of piperidine rings is 1. The number of likely N-dealkylation sites (tertiary alicyclic amines) is 1. The first kappa shape index (κ1) is 18.8. The first-order valence-corrected chi connectivity index (χ1v) is 9.82. The quantitative estimate of drug-likeness (QED) is 0.602. The van der Waals surface area contributed by atoms with Crippen molar-refractivity contribution in [3.8, 4) is 0 Å². The van der Waals surface area contributed by atoms with Crippen LogP contribution in [0.4, 0.5) is 0 Å². The second-order valence-corrected chi connectivity index (χ2v) is 8.56. The van der Waals surface area contributed by atoms with Gasteiger partial charge in [-0.05, 0) is 53.2 Å². The number of hydrogen-bond donors (Lipinski definition) is 0. The minimum atomic E-state index is 0.565. The first-order valence-electron chi connectivity index (χ1n) is 9.29. The minimum absolute atomic E-state index is 0.565. The van der Waals surface area contributed by atoms with E-state index in [0.717, 1.165) is 11.8 Å². The summed E-state index contributed by atoms with van der Waals surface area (Å²) in [6.07, 6.45) is 2.57. The minimum Gasteiger partial charge on any atom is -0.303 e. The molecule has 0 saturated carbocycles. The predicted octanol–water partition coefficient (Wildman–Crippen LogP) is 5.71. The number of nitrogens with zero attached hydrogens (tertiary/aromatic N) is 1. The van der Waals surface area contributed by atoms with Gasteiger partial charge >= 0.3 is 0 Å². The van der Waals surface area contributed by atoms with E-state index < -0.39 is 0 Å². The van der Waals surface area contributed by atoms with E-state index in [1.54, 1.807) is 0 Å². The number of benzene rings is 1. The van der Waals surface area contributed by atoms with Gasteiger partial charge in [0.25, 0.3) is 0 Å². The molecule has 1 saturated heterocycles. The fraction of sp³-hybridized carbons (Fsp3) is 0.714. The van der Waals surface area contributed by atoms with E-state index in [1.807, 2.05) is 0 Å². The van der Waals surface area contributed by atoms with Gasteiger partial charge in [-0.3, -0.25) is 0 Å². The molecular weight excluding hydrogens is 302 g/mol. The van der Waals surface area contributed by atoms with Crippen LogP contribution in [0.25, 0.3) is 0 Å².